The summed E-state index contributed by atoms with van der Waals surface area (Å²) in [4.78, 5) is 30.6. The highest BCUT2D eigenvalue weighted by Gasteiger charge is 2.28. The van der Waals surface area contributed by atoms with E-state index in [-0.39, 0.29) is 24.5 Å². The van der Waals surface area contributed by atoms with E-state index in [1.54, 1.807) is 4.90 Å². The summed E-state index contributed by atoms with van der Waals surface area (Å²) >= 11 is 0. The van der Waals surface area contributed by atoms with Crippen LogP contribution in [-0.2, 0) is 11.3 Å². The van der Waals surface area contributed by atoms with Gasteiger partial charge in [0.2, 0.25) is 5.91 Å². The molecular formula is C19H28N4O2. The fraction of sp³-hybridized carbons (Fsp3) is 0.579. The monoisotopic (exact) mass is 344 g/mol. The number of nitrogens with one attached hydrogen (secondary N) is 1. The van der Waals surface area contributed by atoms with Crippen LogP contribution in [0.3, 0.4) is 0 Å². The number of nitrogens with zero attached hydrogens (tertiary/aromatic N) is 3. The van der Waals surface area contributed by atoms with Crippen molar-refractivity contribution < 1.29 is 9.59 Å². The van der Waals surface area contributed by atoms with Crippen molar-refractivity contribution in [1.29, 1.82) is 0 Å². The molecule has 136 valence electrons. The highest BCUT2D eigenvalue weighted by molar-refractivity contribution is 5.84. The molecule has 3 amide bonds. The molecule has 2 saturated heterocycles. The molecule has 2 heterocycles. The zero-order valence-electron chi connectivity index (χ0n) is 15.0. The van der Waals surface area contributed by atoms with Gasteiger partial charge in [-0.1, -0.05) is 30.3 Å². The van der Waals surface area contributed by atoms with Crippen LogP contribution in [0, 0.1) is 0 Å². The van der Waals surface area contributed by atoms with Gasteiger partial charge in [-0.15, -0.1) is 0 Å². The van der Waals surface area contributed by atoms with Crippen molar-refractivity contribution in [3.8, 4) is 0 Å². The normalized spacial score (nSPS) is 22.4. The Morgan fingerprint density at radius 1 is 1.16 bits per heavy atom. The molecule has 2 aliphatic rings. The predicted molar refractivity (Wildman–Crippen MR) is 97.1 cm³/mol. The first kappa shape index (κ1) is 17.7. The molecule has 0 unspecified atom stereocenters. The maximum Gasteiger partial charge on any atom is 0.317 e. The Kier molecular flexibility index (Phi) is 5.91. The fourth-order valence-corrected chi connectivity index (χ4v) is 3.69. The molecule has 0 bridgehead atoms. The van der Waals surface area contributed by atoms with Crippen molar-refractivity contribution in [3.05, 3.63) is 35.9 Å². The van der Waals surface area contributed by atoms with Gasteiger partial charge < -0.3 is 15.1 Å². The maximum atomic E-state index is 12.7. The highest BCUT2D eigenvalue weighted by Crippen LogP contribution is 2.14. The van der Waals surface area contributed by atoms with E-state index in [0.717, 1.165) is 39.0 Å². The summed E-state index contributed by atoms with van der Waals surface area (Å²) in [6.45, 7) is 7.22. The molecule has 3 rings (SSSR count). The first-order valence-electron chi connectivity index (χ1n) is 9.22. The van der Waals surface area contributed by atoms with Crippen molar-refractivity contribution >= 4 is 11.9 Å². The molecule has 6 nitrogen and oxygen atoms in total. The van der Waals surface area contributed by atoms with Gasteiger partial charge in [0, 0.05) is 45.3 Å². The molecule has 1 atom stereocenters. The molecule has 0 aromatic heterocycles. The molecule has 25 heavy (non-hydrogen) atoms. The van der Waals surface area contributed by atoms with Crippen LogP contribution in [0.15, 0.2) is 30.3 Å². The third kappa shape index (κ3) is 4.72. The number of carbonyl (C=O) groups is 2. The Balaban J connectivity index is 1.56. The molecule has 0 aliphatic carbocycles. The third-order valence-electron chi connectivity index (χ3n) is 4.99. The van der Waals surface area contributed by atoms with E-state index in [4.69, 9.17) is 0 Å². The van der Waals surface area contributed by atoms with Crippen LogP contribution in [0.1, 0.15) is 25.3 Å². The van der Waals surface area contributed by atoms with E-state index in [1.165, 1.54) is 5.56 Å². The lowest BCUT2D eigenvalue weighted by molar-refractivity contribution is -0.133. The van der Waals surface area contributed by atoms with Gasteiger partial charge in [0.1, 0.15) is 6.54 Å². The van der Waals surface area contributed by atoms with Crippen LogP contribution in [0.25, 0.3) is 0 Å². The molecule has 0 saturated carbocycles. The number of hydrogen-bond acceptors (Lipinski definition) is 3. The summed E-state index contributed by atoms with van der Waals surface area (Å²) in [6.07, 6.45) is 1.87. The molecular weight excluding hydrogens is 316 g/mol. The molecule has 1 aromatic rings. The average Bonchev–Trinajstić information content (AvgIpc) is 2.79. The first-order valence-corrected chi connectivity index (χ1v) is 9.22. The predicted octanol–water partition coefficient (Wildman–Crippen LogP) is 1.52. The smallest absolute Gasteiger partial charge is 0.317 e. The first-order chi connectivity index (χ1) is 12.1. The second kappa shape index (κ2) is 8.34. The topological polar surface area (TPSA) is 55.9 Å². The molecule has 0 spiro atoms. The number of hydrogen-bond donors (Lipinski definition) is 1. The molecule has 2 fully saturated rings. The lowest BCUT2D eigenvalue weighted by Gasteiger charge is -2.33. The van der Waals surface area contributed by atoms with Gasteiger partial charge in [0.15, 0.2) is 0 Å². The Hall–Kier alpha value is -2.08. The van der Waals surface area contributed by atoms with Crippen LogP contribution < -0.4 is 5.32 Å². The van der Waals surface area contributed by atoms with Crippen molar-refractivity contribution in [3.63, 3.8) is 0 Å². The van der Waals surface area contributed by atoms with Gasteiger partial charge in [0.25, 0.3) is 0 Å². The van der Waals surface area contributed by atoms with E-state index in [2.05, 4.69) is 41.4 Å². The Bertz CT molecular complexity index is 592. The van der Waals surface area contributed by atoms with Crippen molar-refractivity contribution in [2.24, 2.45) is 0 Å². The minimum absolute atomic E-state index is 0.0612. The summed E-state index contributed by atoms with van der Waals surface area (Å²) in [5.41, 5.74) is 1.31. The van der Waals surface area contributed by atoms with Crippen molar-refractivity contribution in [2.45, 2.75) is 32.4 Å². The lowest BCUT2D eigenvalue weighted by Crippen LogP contribution is -2.52. The Morgan fingerprint density at radius 3 is 2.72 bits per heavy atom. The zero-order chi connectivity index (χ0) is 17.6. The van der Waals surface area contributed by atoms with Gasteiger partial charge in [-0.05, 0) is 25.3 Å². The fourth-order valence-electron chi connectivity index (χ4n) is 3.69. The standard InChI is InChI=1S/C19H28N4O2/c1-16-13-21(14-17-7-3-2-4-8-17)10-6-12-23(16)18(24)15-22-11-5-9-20-19(22)25/h2-4,7-8,16H,5-6,9-15H2,1H3,(H,20,25)/t16-/m0/s1. The van der Waals surface area contributed by atoms with Crippen LogP contribution in [-0.4, -0.2) is 71.9 Å². The average molecular weight is 344 g/mol. The lowest BCUT2D eigenvalue weighted by atomic mass is 10.2. The minimum atomic E-state index is -0.118. The summed E-state index contributed by atoms with van der Waals surface area (Å²) < 4.78 is 0. The highest BCUT2D eigenvalue weighted by atomic mass is 16.2. The van der Waals surface area contributed by atoms with Gasteiger partial charge in [-0.2, -0.15) is 0 Å². The van der Waals surface area contributed by atoms with Crippen LogP contribution >= 0.6 is 0 Å². The second-order valence-corrected chi connectivity index (χ2v) is 7.02. The number of carbonyl (C=O) groups excluding carboxylic acids is 2. The summed E-state index contributed by atoms with van der Waals surface area (Å²) in [7, 11) is 0. The summed E-state index contributed by atoms with van der Waals surface area (Å²) in [5.74, 6) is 0.0612. The summed E-state index contributed by atoms with van der Waals surface area (Å²) in [6, 6.07) is 10.5. The second-order valence-electron chi connectivity index (χ2n) is 7.02. The molecule has 1 aromatic carbocycles. The van der Waals surface area contributed by atoms with E-state index in [9.17, 15) is 9.59 Å². The van der Waals surface area contributed by atoms with E-state index < -0.39 is 0 Å². The van der Waals surface area contributed by atoms with Gasteiger partial charge in [-0.25, -0.2) is 4.79 Å². The van der Waals surface area contributed by atoms with Gasteiger partial charge in [-0.3, -0.25) is 9.69 Å². The summed E-state index contributed by atoms with van der Waals surface area (Å²) in [5, 5.41) is 2.81. The van der Waals surface area contributed by atoms with E-state index in [1.807, 2.05) is 11.0 Å². The number of rotatable bonds is 4. The number of urea groups is 1. The number of benzene rings is 1. The molecule has 6 heteroatoms. The Morgan fingerprint density at radius 2 is 1.96 bits per heavy atom. The molecule has 2 aliphatic heterocycles. The third-order valence-corrected chi connectivity index (χ3v) is 4.99. The zero-order valence-corrected chi connectivity index (χ0v) is 15.0. The minimum Gasteiger partial charge on any atom is -0.338 e. The van der Waals surface area contributed by atoms with E-state index in [0.29, 0.717) is 13.1 Å². The van der Waals surface area contributed by atoms with Gasteiger partial charge in [0.05, 0.1) is 0 Å². The maximum absolute atomic E-state index is 12.7. The van der Waals surface area contributed by atoms with Gasteiger partial charge >= 0.3 is 6.03 Å². The molecule has 1 N–H and O–H groups in total. The quantitative estimate of drug-likeness (QED) is 0.901. The number of amides is 3. The van der Waals surface area contributed by atoms with E-state index >= 15 is 0 Å². The van der Waals surface area contributed by atoms with Crippen LogP contribution in [0.2, 0.25) is 0 Å². The van der Waals surface area contributed by atoms with Crippen LogP contribution in [0.5, 0.6) is 0 Å². The largest absolute Gasteiger partial charge is 0.338 e. The Labute approximate surface area is 149 Å². The van der Waals surface area contributed by atoms with Crippen molar-refractivity contribution in [1.82, 2.24) is 20.0 Å². The SMILES string of the molecule is C[C@H]1CN(Cc2ccccc2)CCCN1C(=O)CN1CCCNC1=O. The molecule has 0 radical (unpaired) electrons. The van der Waals surface area contributed by atoms with Crippen molar-refractivity contribution in [2.75, 3.05) is 39.3 Å². The van der Waals surface area contributed by atoms with Crippen LogP contribution in [0.4, 0.5) is 4.79 Å².